The molecule has 1 atom stereocenters. The molecular weight excluding hydrogens is 250 g/mol. The number of rotatable bonds is 2. The summed E-state index contributed by atoms with van der Waals surface area (Å²) in [6.45, 7) is 6.63. The zero-order valence-corrected chi connectivity index (χ0v) is 12.2. The molecule has 3 heteroatoms. The van der Waals surface area contributed by atoms with Crippen LogP contribution < -0.4 is 9.64 Å². The molecule has 3 fully saturated rings. The number of piperidine rings is 3. The van der Waals surface area contributed by atoms with E-state index in [1.165, 1.54) is 37.2 Å². The van der Waals surface area contributed by atoms with Crippen LogP contribution in [0.15, 0.2) is 30.0 Å². The van der Waals surface area contributed by atoms with E-state index in [0.29, 0.717) is 5.92 Å². The normalized spacial score (nSPS) is 34.2. The molecule has 3 saturated heterocycles. The van der Waals surface area contributed by atoms with Crippen LogP contribution in [0.25, 0.3) is 6.08 Å². The van der Waals surface area contributed by atoms with Crippen molar-refractivity contribution in [3.8, 4) is 5.75 Å². The quantitative estimate of drug-likeness (QED) is 0.888. The second kappa shape index (κ2) is 4.34. The molecule has 106 valence electrons. The summed E-state index contributed by atoms with van der Waals surface area (Å²) in [5.41, 5.74) is 2.50. The van der Waals surface area contributed by atoms with Crippen LogP contribution in [0.4, 0.5) is 0 Å². The molecule has 0 aliphatic carbocycles. The van der Waals surface area contributed by atoms with Gasteiger partial charge < -0.3 is 14.4 Å². The van der Waals surface area contributed by atoms with Gasteiger partial charge in [0.2, 0.25) is 0 Å². The molecule has 2 bridgehead atoms. The highest BCUT2D eigenvalue weighted by Crippen LogP contribution is 2.44. The molecule has 5 rings (SSSR count). The second-order valence-corrected chi connectivity index (χ2v) is 6.41. The number of hydrogen-bond donors (Lipinski definition) is 1. The average molecular weight is 272 g/mol. The molecule has 4 aliphatic heterocycles. The summed E-state index contributed by atoms with van der Waals surface area (Å²) in [7, 11) is 0. The Morgan fingerprint density at radius 3 is 2.75 bits per heavy atom. The minimum atomic E-state index is -0.519. The minimum absolute atomic E-state index is 0.170. The van der Waals surface area contributed by atoms with Gasteiger partial charge in [0.15, 0.2) is 5.70 Å². The fraction of sp³-hybridized carbons (Fsp3) is 0.529. The van der Waals surface area contributed by atoms with E-state index in [1.807, 2.05) is 6.07 Å². The smallest absolute Gasteiger partial charge is 0.289 e. The van der Waals surface area contributed by atoms with Crippen molar-refractivity contribution < 1.29 is 14.4 Å². The highest BCUT2D eigenvalue weighted by molar-refractivity contribution is 5.62. The maximum absolute atomic E-state index is 6.46. The van der Waals surface area contributed by atoms with E-state index < -0.39 is 5.79 Å². The van der Waals surface area contributed by atoms with Crippen LogP contribution >= 0.6 is 0 Å². The topological polar surface area (TPSA) is 22.9 Å². The molecule has 0 aromatic heterocycles. The second-order valence-electron chi connectivity index (χ2n) is 6.41. The molecular formula is C17H22NO2+. The lowest BCUT2D eigenvalue weighted by Gasteiger charge is -2.52. The van der Waals surface area contributed by atoms with Crippen molar-refractivity contribution >= 4 is 6.08 Å². The summed E-state index contributed by atoms with van der Waals surface area (Å²) >= 11 is 0. The molecule has 1 aromatic rings. The fourth-order valence-corrected chi connectivity index (χ4v) is 3.97. The molecule has 0 radical (unpaired) electrons. The van der Waals surface area contributed by atoms with E-state index in [0.717, 1.165) is 5.75 Å². The van der Waals surface area contributed by atoms with Crippen molar-refractivity contribution in [1.82, 2.24) is 0 Å². The molecule has 3 nitrogen and oxygen atoms in total. The lowest BCUT2D eigenvalue weighted by atomic mass is 9.78. The zero-order valence-electron chi connectivity index (χ0n) is 12.2. The van der Waals surface area contributed by atoms with Gasteiger partial charge in [-0.3, -0.25) is 0 Å². The monoisotopic (exact) mass is 272 g/mol. The van der Waals surface area contributed by atoms with Crippen LogP contribution in [-0.2, 0) is 4.74 Å². The molecule has 0 amide bonds. The van der Waals surface area contributed by atoms with Crippen LogP contribution in [0.3, 0.4) is 0 Å². The lowest BCUT2D eigenvalue weighted by Crippen LogP contribution is -3.16. The van der Waals surface area contributed by atoms with E-state index in [-0.39, 0.29) is 6.10 Å². The van der Waals surface area contributed by atoms with Crippen LogP contribution in [0, 0.1) is 5.92 Å². The van der Waals surface area contributed by atoms with Crippen molar-refractivity contribution in [3.05, 3.63) is 35.5 Å². The Morgan fingerprint density at radius 2 is 2.00 bits per heavy atom. The summed E-state index contributed by atoms with van der Waals surface area (Å²) in [5.74, 6) is 0.931. The maximum atomic E-state index is 6.46. The first kappa shape index (κ1) is 12.4. The third kappa shape index (κ3) is 1.66. The summed E-state index contributed by atoms with van der Waals surface area (Å²) in [6.07, 6.45) is 4.87. The molecule has 20 heavy (non-hydrogen) atoms. The van der Waals surface area contributed by atoms with Crippen LogP contribution in [0.2, 0.25) is 0 Å². The van der Waals surface area contributed by atoms with Crippen LogP contribution in [-0.4, -0.2) is 25.0 Å². The molecule has 1 N–H and O–H groups in total. The number of para-hydroxylation sites is 1. The van der Waals surface area contributed by atoms with Crippen molar-refractivity contribution in [2.75, 3.05) is 13.1 Å². The van der Waals surface area contributed by atoms with E-state index in [2.05, 4.69) is 38.1 Å². The maximum Gasteiger partial charge on any atom is 0.289 e. The Morgan fingerprint density at radius 1 is 1.25 bits per heavy atom. The van der Waals surface area contributed by atoms with Gasteiger partial charge in [-0.05, 0) is 19.9 Å². The standard InChI is InChI=1S/C17H21NO2/c1-12(2)19-17-14-7-9-18(10-8-14)16(17)11-13-5-3-4-6-15(13)20-17/h3-6,11-12,14H,7-10H2,1-2H3/p+1/t17-/m0/s1. The SMILES string of the molecule is CC(C)O[C@@]12Oc3ccccc3C=C1[NH+]1CCC2CC1. The fourth-order valence-electron chi connectivity index (χ4n) is 3.97. The largest absolute Gasteiger partial charge is 0.452 e. The number of nitrogens with one attached hydrogen (secondary N) is 1. The third-order valence-electron chi connectivity index (χ3n) is 4.77. The van der Waals surface area contributed by atoms with Crippen molar-refractivity contribution in [1.29, 1.82) is 0 Å². The van der Waals surface area contributed by atoms with Gasteiger partial charge in [-0.25, -0.2) is 0 Å². The Labute approximate surface area is 120 Å². The summed E-state index contributed by atoms with van der Waals surface area (Å²) in [6, 6.07) is 8.29. The molecule has 1 aromatic carbocycles. The molecule has 0 saturated carbocycles. The van der Waals surface area contributed by atoms with Crippen molar-refractivity contribution in [3.63, 3.8) is 0 Å². The van der Waals surface area contributed by atoms with E-state index >= 15 is 0 Å². The Bertz CT molecular complexity index is 558. The predicted molar refractivity (Wildman–Crippen MR) is 77.4 cm³/mol. The first-order valence-corrected chi connectivity index (χ1v) is 7.72. The summed E-state index contributed by atoms with van der Waals surface area (Å²) in [5, 5.41) is 0. The molecule has 0 spiro atoms. The first-order valence-electron chi connectivity index (χ1n) is 7.72. The van der Waals surface area contributed by atoms with E-state index in [9.17, 15) is 0 Å². The number of hydrogen-bond acceptors (Lipinski definition) is 2. The summed E-state index contributed by atoms with van der Waals surface area (Å²) < 4.78 is 12.8. The minimum Gasteiger partial charge on any atom is -0.452 e. The number of quaternary nitrogens is 1. The predicted octanol–water partition coefficient (Wildman–Crippen LogP) is 1.85. The van der Waals surface area contributed by atoms with Crippen LogP contribution in [0.1, 0.15) is 32.3 Å². The van der Waals surface area contributed by atoms with E-state index in [4.69, 9.17) is 9.47 Å². The highest BCUT2D eigenvalue weighted by atomic mass is 16.7. The highest BCUT2D eigenvalue weighted by Gasteiger charge is 2.59. The Hall–Kier alpha value is -1.32. The van der Waals surface area contributed by atoms with Gasteiger partial charge >= 0.3 is 0 Å². The van der Waals surface area contributed by atoms with Crippen molar-refractivity contribution in [2.24, 2.45) is 5.92 Å². The van der Waals surface area contributed by atoms with E-state index in [1.54, 1.807) is 4.90 Å². The van der Waals surface area contributed by atoms with Gasteiger partial charge in [-0.2, -0.15) is 0 Å². The Balaban J connectivity index is 1.85. The zero-order chi connectivity index (χ0) is 13.7. The van der Waals surface area contributed by atoms with Gasteiger partial charge in [0.05, 0.1) is 19.2 Å². The van der Waals surface area contributed by atoms with Gasteiger partial charge in [-0.1, -0.05) is 18.2 Å². The van der Waals surface area contributed by atoms with Gasteiger partial charge in [0.25, 0.3) is 5.79 Å². The number of fused-ring (bicyclic) bond motifs is 3. The molecule has 0 unspecified atom stereocenters. The van der Waals surface area contributed by atoms with Crippen LogP contribution in [0.5, 0.6) is 5.75 Å². The van der Waals surface area contributed by atoms with Crippen molar-refractivity contribution in [2.45, 2.75) is 38.6 Å². The third-order valence-corrected chi connectivity index (χ3v) is 4.77. The number of benzene rings is 1. The van der Waals surface area contributed by atoms with Gasteiger partial charge in [-0.15, -0.1) is 0 Å². The molecule has 4 aliphatic rings. The summed E-state index contributed by atoms with van der Waals surface area (Å²) in [4.78, 5) is 1.54. The average Bonchev–Trinajstić information content (AvgIpc) is 2.46. The molecule has 4 heterocycles. The lowest BCUT2D eigenvalue weighted by molar-refractivity contribution is -0.889. The Kier molecular flexibility index (Phi) is 2.69. The van der Waals surface area contributed by atoms with Gasteiger partial charge in [0, 0.05) is 30.4 Å². The number of ether oxygens (including phenoxy) is 2. The first-order chi connectivity index (χ1) is 9.69. The van der Waals surface area contributed by atoms with Gasteiger partial charge in [0.1, 0.15) is 5.75 Å².